The molecule has 1 rings (SSSR count). The van der Waals surface area contributed by atoms with E-state index in [1.807, 2.05) is 0 Å². The largest absolute Gasteiger partial charge is 0.464 e. The van der Waals surface area contributed by atoms with Crippen molar-refractivity contribution >= 4 is 11.7 Å². The van der Waals surface area contributed by atoms with Crippen LogP contribution in [0.25, 0.3) is 0 Å². The summed E-state index contributed by atoms with van der Waals surface area (Å²) in [5.74, 6) is -0.412. The SMILES string of the molecule is CCOC(=O)C(CC)Nc1ccc(C(F)(F)F)cc1. The zero-order chi connectivity index (χ0) is 14.5. The lowest BCUT2D eigenvalue weighted by molar-refractivity contribution is -0.144. The Morgan fingerprint density at radius 3 is 2.26 bits per heavy atom. The molecule has 1 aromatic carbocycles. The minimum Gasteiger partial charge on any atom is -0.464 e. The molecule has 6 heteroatoms. The molecule has 0 amide bonds. The highest BCUT2D eigenvalue weighted by Gasteiger charge is 2.30. The summed E-state index contributed by atoms with van der Waals surface area (Å²) in [7, 11) is 0. The lowest BCUT2D eigenvalue weighted by atomic mass is 10.1. The van der Waals surface area contributed by atoms with Gasteiger partial charge >= 0.3 is 12.1 Å². The number of benzene rings is 1. The highest BCUT2D eigenvalue weighted by molar-refractivity contribution is 5.79. The second-order valence-electron chi connectivity index (χ2n) is 3.93. The third-order valence-electron chi connectivity index (χ3n) is 2.53. The van der Waals surface area contributed by atoms with Crippen molar-refractivity contribution in [3.8, 4) is 0 Å². The van der Waals surface area contributed by atoms with Crippen LogP contribution in [0, 0.1) is 0 Å². The van der Waals surface area contributed by atoms with Crippen LogP contribution in [0.15, 0.2) is 24.3 Å². The summed E-state index contributed by atoms with van der Waals surface area (Å²) in [6.07, 6.45) is -3.87. The molecular formula is C13H16F3NO2. The van der Waals surface area contributed by atoms with Crippen molar-refractivity contribution in [3.05, 3.63) is 29.8 Å². The number of ether oxygens (including phenoxy) is 1. The van der Waals surface area contributed by atoms with Crippen LogP contribution in [0.5, 0.6) is 0 Å². The third kappa shape index (κ3) is 4.46. The summed E-state index contributed by atoms with van der Waals surface area (Å²) in [6, 6.07) is 3.98. The molecule has 1 aromatic rings. The smallest absolute Gasteiger partial charge is 0.416 e. The molecule has 0 bridgehead atoms. The van der Waals surface area contributed by atoms with Gasteiger partial charge in [-0.3, -0.25) is 0 Å². The lowest BCUT2D eigenvalue weighted by Crippen LogP contribution is -2.30. The molecule has 1 atom stereocenters. The van der Waals surface area contributed by atoms with Crippen molar-refractivity contribution < 1.29 is 22.7 Å². The van der Waals surface area contributed by atoms with E-state index in [0.29, 0.717) is 12.1 Å². The molecule has 0 aliphatic carbocycles. The number of carbonyl (C=O) groups is 1. The molecule has 0 aliphatic rings. The van der Waals surface area contributed by atoms with Crippen molar-refractivity contribution in [2.24, 2.45) is 0 Å². The highest BCUT2D eigenvalue weighted by atomic mass is 19.4. The van der Waals surface area contributed by atoms with Crippen LogP contribution < -0.4 is 5.32 Å². The van der Waals surface area contributed by atoms with Gasteiger partial charge in [-0.15, -0.1) is 0 Å². The van der Waals surface area contributed by atoms with Crippen LogP contribution in [0.4, 0.5) is 18.9 Å². The molecule has 0 saturated carbocycles. The number of nitrogens with one attached hydrogen (secondary N) is 1. The van der Waals surface area contributed by atoms with Gasteiger partial charge in [-0.2, -0.15) is 13.2 Å². The fourth-order valence-corrected chi connectivity index (χ4v) is 1.53. The Morgan fingerprint density at radius 2 is 1.84 bits per heavy atom. The van der Waals surface area contributed by atoms with E-state index in [2.05, 4.69) is 5.32 Å². The Kier molecular flexibility index (Phi) is 5.20. The predicted molar refractivity (Wildman–Crippen MR) is 65.8 cm³/mol. The number of hydrogen-bond donors (Lipinski definition) is 1. The molecule has 0 aliphatic heterocycles. The molecule has 1 N–H and O–H groups in total. The molecule has 0 heterocycles. The molecule has 0 aromatic heterocycles. The van der Waals surface area contributed by atoms with E-state index < -0.39 is 23.8 Å². The van der Waals surface area contributed by atoms with Crippen molar-refractivity contribution in [1.29, 1.82) is 0 Å². The molecule has 0 saturated heterocycles. The van der Waals surface area contributed by atoms with Crippen LogP contribution in [-0.2, 0) is 15.7 Å². The summed E-state index contributed by atoms with van der Waals surface area (Å²) < 4.78 is 42.0. The van der Waals surface area contributed by atoms with E-state index in [1.54, 1.807) is 13.8 Å². The van der Waals surface area contributed by atoms with Gasteiger partial charge in [0.1, 0.15) is 6.04 Å². The van der Waals surface area contributed by atoms with Crippen LogP contribution in [-0.4, -0.2) is 18.6 Å². The van der Waals surface area contributed by atoms with Crippen molar-refractivity contribution in [1.82, 2.24) is 0 Å². The zero-order valence-electron chi connectivity index (χ0n) is 10.8. The Hall–Kier alpha value is -1.72. The Morgan fingerprint density at radius 1 is 1.26 bits per heavy atom. The first kappa shape index (κ1) is 15.3. The zero-order valence-corrected chi connectivity index (χ0v) is 10.8. The van der Waals surface area contributed by atoms with Gasteiger partial charge in [-0.05, 0) is 37.6 Å². The fraction of sp³-hybridized carbons (Fsp3) is 0.462. The number of halogens is 3. The van der Waals surface area contributed by atoms with Crippen molar-refractivity contribution in [3.63, 3.8) is 0 Å². The maximum absolute atomic E-state index is 12.4. The summed E-state index contributed by atoms with van der Waals surface area (Å²) >= 11 is 0. The molecule has 0 radical (unpaired) electrons. The Bertz CT molecular complexity index is 415. The van der Waals surface area contributed by atoms with Crippen molar-refractivity contribution in [2.45, 2.75) is 32.5 Å². The summed E-state index contributed by atoms with van der Waals surface area (Å²) in [6.45, 7) is 3.76. The monoisotopic (exact) mass is 275 g/mol. The lowest BCUT2D eigenvalue weighted by Gasteiger charge is -2.17. The number of anilines is 1. The molecule has 19 heavy (non-hydrogen) atoms. The number of carbonyl (C=O) groups excluding carboxylic acids is 1. The van der Waals surface area contributed by atoms with Gasteiger partial charge in [0.05, 0.1) is 12.2 Å². The maximum Gasteiger partial charge on any atom is 0.416 e. The van der Waals surface area contributed by atoms with Gasteiger partial charge in [-0.25, -0.2) is 4.79 Å². The Labute approximate surface area is 109 Å². The average Bonchev–Trinajstić information content (AvgIpc) is 2.35. The van der Waals surface area contributed by atoms with Gasteiger partial charge in [0, 0.05) is 5.69 Å². The Balaban J connectivity index is 2.73. The van der Waals surface area contributed by atoms with Gasteiger partial charge < -0.3 is 10.1 Å². The number of alkyl halides is 3. The van der Waals surface area contributed by atoms with E-state index in [9.17, 15) is 18.0 Å². The molecular weight excluding hydrogens is 259 g/mol. The molecule has 106 valence electrons. The minimum absolute atomic E-state index is 0.268. The standard InChI is InChI=1S/C13H16F3NO2/c1-3-11(12(18)19-4-2)17-10-7-5-9(6-8-10)13(14,15)16/h5-8,11,17H,3-4H2,1-2H3. The average molecular weight is 275 g/mol. The highest BCUT2D eigenvalue weighted by Crippen LogP contribution is 2.29. The second-order valence-corrected chi connectivity index (χ2v) is 3.93. The van der Waals surface area contributed by atoms with Gasteiger partial charge in [0.25, 0.3) is 0 Å². The van der Waals surface area contributed by atoms with Gasteiger partial charge in [-0.1, -0.05) is 6.92 Å². The second kappa shape index (κ2) is 6.45. The quantitative estimate of drug-likeness (QED) is 0.836. The predicted octanol–water partition coefficient (Wildman–Crippen LogP) is 3.46. The maximum atomic E-state index is 12.4. The van der Waals surface area contributed by atoms with Gasteiger partial charge in [0.15, 0.2) is 0 Å². The van der Waals surface area contributed by atoms with E-state index in [-0.39, 0.29) is 6.61 Å². The van der Waals surface area contributed by atoms with Crippen molar-refractivity contribution in [2.75, 3.05) is 11.9 Å². The van der Waals surface area contributed by atoms with E-state index in [4.69, 9.17) is 4.74 Å². The molecule has 1 unspecified atom stereocenters. The van der Waals surface area contributed by atoms with Crippen LogP contribution in [0.1, 0.15) is 25.8 Å². The van der Waals surface area contributed by atoms with E-state index >= 15 is 0 Å². The number of rotatable bonds is 5. The number of esters is 1. The molecule has 3 nitrogen and oxygen atoms in total. The first-order valence-electron chi connectivity index (χ1n) is 5.99. The van der Waals surface area contributed by atoms with E-state index in [0.717, 1.165) is 12.1 Å². The normalized spacial score (nSPS) is 12.9. The van der Waals surface area contributed by atoms with Gasteiger partial charge in [0.2, 0.25) is 0 Å². The fourth-order valence-electron chi connectivity index (χ4n) is 1.53. The molecule has 0 fully saturated rings. The first-order chi connectivity index (χ1) is 8.88. The third-order valence-corrected chi connectivity index (χ3v) is 2.53. The first-order valence-corrected chi connectivity index (χ1v) is 5.99. The minimum atomic E-state index is -4.36. The van der Waals surface area contributed by atoms with Crippen LogP contribution in [0.2, 0.25) is 0 Å². The van der Waals surface area contributed by atoms with Crippen LogP contribution in [0.3, 0.4) is 0 Å². The summed E-state index contributed by atoms with van der Waals surface area (Å²) in [5, 5.41) is 2.85. The number of hydrogen-bond acceptors (Lipinski definition) is 3. The molecule has 0 spiro atoms. The summed E-state index contributed by atoms with van der Waals surface area (Å²) in [4.78, 5) is 11.5. The topological polar surface area (TPSA) is 38.3 Å². The summed E-state index contributed by atoms with van der Waals surface area (Å²) in [5.41, 5.74) is -0.268. The van der Waals surface area contributed by atoms with E-state index in [1.165, 1.54) is 12.1 Å². The van der Waals surface area contributed by atoms with Crippen LogP contribution >= 0.6 is 0 Å².